The van der Waals surface area contributed by atoms with Crippen LogP contribution in [0.4, 0.5) is 0 Å². The Morgan fingerprint density at radius 3 is 2.90 bits per heavy atom. The Morgan fingerprint density at radius 1 is 1.25 bits per heavy atom. The molecule has 0 saturated carbocycles. The number of phenolic OH excluding ortho intramolecular Hbond substituents is 1. The van der Waals surface area contributed by atoms with Crippen molar-refractivity contribution in [3.05, 3.63) is 51.2 Å². The number of hydrogen-bond donors (Lipinski definition) is 2. The largest absolute Gasteiger partial charge is 0.508 e. The Balaban J connectivity index is 1.70. The first-order valence-electron chi connectivity index (χ1n) is 7.39. The molecule has 0 spiro atoms. The molecule has 0 fully saturated rings. The van der Waals surface area contributed by atoms with E-state index in [-0.39, 0.29) is 0 Å². The first kappa shape index (κ1) is 13.7. The third-order valence-corrected chi connectivity index (χ3v) is 5.26. The van der Waals surface area contributed by atoms with E-state index in [1.165, 1.54) is 33.7 Å². The average molecular weight is 287 g/mol. The van der Waals surface area contributed by atoms with E-state index in [1.54, 1.807) is 6.07 Å². The molecule has 2 nitrogen and oxygen atoms in total. The van der Waals surface area contributed by atoms with Gasteiger partial charge in [0.2, 0.25) is 0 Å². The predicted octanol–water partition coefficient (Wildman–Crippen LogP) is 4.18. The molecule has 3 rings (SSSR count). The second-order valence-electron chi connectivity index (χ2n) is 5.43. The van der Waals surface area contributed by atoms with E-state index >= 15 is 0 Å². The Hall–Kier alpha value is -1.32. The van der Waals surface area contributed by atoms with Crippen molar-refractivity contribution in [1.82, 2.24) is 5.32 Å². The third-order valence-electron chi connectivity index (χ3n) is 4.03. The van der Waals surface area contributed by atoms with Crippen LogP contribution in [0.3, 0.4) is 0 Å². The van der Waals surface area contributed by atoms with E-state index in [0.29, 0.717) is 11.8 Å². The van der Waals surface area contributed by atoms with Gasteiger partial charge in [-0.15, -0.1) is 11.3 Å². The highest BCUT2D eigenvalue weighted by Gasteiger charge is 2.20. The zero-order valence-electron chi connectivity index (χ0n) is 11.9. The molecule has 1 aromatic heterocycles. The number of fused-ring (bicyclic) bond motifs is 1. The van der Waals surface area contributed by atoms with E-state index in [0.717, 1.165) is 19.4 Å². The van der Waals surface area contributed by atoms with E-state index < -0.39 is 0 Å². The second kappa shape index (κ2) is 5.98. The zero-order chi connectivity index (χ0) is 13.9. The fourth-order valence-corrected chi connectivity index (χ4v) is 3.85. The van der Waals surface area contributed by atoms with Crippen LogP contribution < -0.4 is 5.32 Å². The van der Waals surface area contributed by atoms with Crippen molar-refractivity contribution in [3.63, 3.8) is 0 Å². The van der Waals surface area contributed by atoms with Crippen LogP contribution in [0.15, 0.2) is 30.3 Å². The summed E-state index contributed by atoms with van der Waals surface area (Å²) in [5, 5.41) is 13.3. The highest BCUT2D eigenvalue weighted by atomic mass is 32.1. The molecular weight excluding hydrogens is 266 g/mol. The Labute approximate surface area is 124 Å². The molecule has 0 bridgehead atoms. The molecule has 2 N–H and O–H groups in total. The van der Waals surface area contributed by atoms with Crippen molar-refractivity contribution < 1.29 is 5.11 Å². The molecule has 1 aromatic carbocycles. The number of thiophene rings is 1. The summed E-state index contributed by atoms with van der Waals surface area (Å²) in [5.74, 6) is 0.384. The Morgan fingerprint density at radius 2 is 2.10 bits per heavy atom. The lowest BCUT2D eigenvalue weighted by Crippen LogP contribution is -2.24. The third kappa shape index (κ3) is 2.89. The first-order chi connectivity index (χ1) is 9.76. The van der Waals surface area contributed by atoms with Gasteiger partial charge in [0, 0.05) is 22.3 Å². The fourth-order valence-electron chi connectivity index (χ4n) is 2.94. The number of phenols is 1. The molecule has 0 saturated heterocycles. The lowest BCUT2D eigenvalue weighted by Gasteiger charge is -2.26. The summed E-state index contributed by atoms with van der Waals surface area (Å²) < 4.78 is 0. The molecule has 1 heterocycles. The molecule has 0 radical (unpaired) electrons. The lowest BCUT2D eigenvalue weighted by atomic mass is 9.87. The molecule has 20 heavy (non-hydrogen) atoms. The van der Waals surface area contributed by atoms with E-state index in [1.807, 2.05) is 17.4 Å². The topological polar surface area (TPSA) is 32.3 Å². The van der Waals surface area contributed by atoms with Gasteiger partial charge in [0.15, 0.2) is 0 Å². The zero-order valence-corrected chi connectivity index (χ0v) is 12.7. The lowest BCUT2D eigenvalue weighted by molar-refractivity contribution is 0.450. The monoisotopic (exact) mass is 287 g/mol. The smallest absolute Gasteiger partial charge is 0.115 e. The van der Waals surface area contributed by atoms with Gasteiger partial charge in [-0.3, -0.25) is 0 Å². The quantitative estimate of drug-likeness (QED) is 0.884. The molecule has 106 valence electrons. The van der Waals surface area contributed by atoms with Gasteiger partial charge in [-0.2, -0.15) is 0 Å². The van der Waals surface area contributed by atoms with Gasteiger partial charge in [-0.05, 0) is 61.1 Å². The van der Waals surface area contributed by atoms with Crippen LogP contribution in [0.25, 0.3) is 0 Å². The normalized spacial score (nSPS) is 17.9. The maximum absolute atomic E-state index is 9.59. The van der Waals surface area contributed by atoms with Crippen LogP contribution in [0.2, 0.25) is 0 Å². The molecule has 1 aliphatic carbocycles. The van der Waals surface area contributed by atoms with E-state index in [9.17, 15) is 5.11 Å². The highest BCUT2D eigenvalue weighted by molar-refractivity contribution is 7.11. The summed E-state index contributed by atoms with van der Waals surface area (Å²) in [4.78, 5) is 2.86. The van der Waals surface area contributed by atoms with Gasteiger partial charge >= 0.3 is 0 Å². The van der Waals surface area contributed by atoms with Gasteiger partial charge < -0.3 is 10.4 Å². The first-order valence-corrected chi connectivity index (χ1v) is 8.20. The molecule has 0 amide bonds. The standard InChI is InChI=1S/C17H21NOS/c1-2-14-7-8-15(20-14)11-18-17-5-3-4-12-10-13(19)6-9-16(12)17/h6-10,17-19H,2-5,11H2,1H3. The minimum Gasteiger partial charge on any atom is -0.508 e. The number of nitrogens with one attached hydrogen (secondary N) is 1. The summed E-state index contributed by atoms with van der Waals surface area (Å²) in [7, 11) is 0. The summed E-state index contributed by atoms with van der Waals surface area (Å²) in [6.45, 7) is 3.14. The summed E-state index contributed by atoms with van der Waals surface area (Å²) >= 11 is 1.90. The number of aromatic hydroxyl groups is 1. The summed E-state index contributed by atoms with van der Waals surface area (Å²) in [6.07, 6.45) is 4.58. The minimum atomic E-state index is 0.384. The molecule has 3 heteroatoms. The van der Waals surface area contributed by atoms with Crippen LogP contribution in [0, 0.1) is 0 Å². The fraction of sp³-hybridized carbons (Fsp3) is 0.412. The number of rotatable bonds is 4. The molecule has 2 aromatic rings. The van der Waals surface area contributed by atoms with Crippen molar-refractivity contribution in [1.29, 1.82) is 0 Å². The summed E-state index contributed by atoms with van der Waals surface area (Å²) in [5.41, 5.74) is 2.66. The maximum atomic E-state index is 9.59. The SMILES string of the molecule is CCc1ccc(CNC2CCCc3cc(O)ccc32)s1. The van der Waals surface area contributed by atoms with Crippen molar-refractivity contribution in [2.45, 2.75) is 45.2 Å². The number of aryl methyl sites for hydroxylation is 2. The number of benzene rings is 1. The van der Waals surface area contributed by atoms with Gasteiger partial charge in [0.1, 0.15) is 5.75 Å². The van der Waals surface area contributed by atoms with E-state index in [2.05, 4.69) is 30.4 Å². The van der Waals surface area contributed by atoms with Crippen LogP contribution >= 0.6 is 11.3 Å². The van der Waals surface area contributed by atoms with E-state index in [4.69, 9.17) is 0 Å². The maximum Gasteiger partial charge on any atom is 0.115 e. The van der Waals surface area contributed by atoms with Crippen molar-refractivity contribution >= 4 is 11.3 Å². The molecule has 0 aliphatic heterocycles. The average Bonchev–Trinajstić information content (AvgIpc) is 2.92. The Bertz CT molecular complexity index is 590. The van der Waals surface area contributed by atoms with Crippen LogP contribution in [0.5, 0.6) is 5.75 Å². The highest BCUT2D eigenvalue weighted by Crippen LogP contribution is 2.32. The van der Waals surface area contributed by atoms with Gasteiger partial charge in [0.05, 0.1) is 0 Å². The Kier molecular flexibility index (Phi) is 4.08. The minimum absolute atomic E-state index is 0.384. The number of hydrogen-bond acceptors (Lipinski definition) is 3. The van der Waals surface area contributed by atoms with Crippen LogP contribution in [0.1, 0.15) is 46.7 Å². The van der Waals surface area contributed by atoms with Gasteiger partial charge in [-0.25, -0.2) is 0 Å². The molecular formula is C17H21NOS. The van der Waals surface area contributed by atoms with Crippen LogP contribution in [-0.2, 0) is 19.4 Å². The molecule has 1 aliphatic rings. The van der Waals surface area contributed by atoms with Crippen molar-refractivity contribution in [2.24, 2.45) is 0 Å². The second-order valence-corrected chi connectivity index (χ2v) is 6.68. The van der Waals surface area contributed by atoms with Crippen LogP contribution in [-0.4, -0.2) is 5.11 Å². The summed E-state index contributed by atoms with van der Waals surface area (Å²) in [6, 6.07) is 10.7. The van der Waals surface area contributed by atoms with Gasteiger partial charge in [-0.1, -0.05) is 13.0 Å². The van der Waals surface area contributed by atoms with Crippen molar-refractivity contribution in [2.75, 3.05) is 0 Å². The molecule has 1 unspecified atom stereocenters. The van der Waals surface area contributed by atoms with Crippen molar-refractivity contribution in [3.8, 4) is 5.75 Å². The van der Waals surface area contributed by atoms with Gasteiger partial charge in [0.25, 0.3) is 0 Å². The predicted molar refractivity (Wildman–Crippen MR) is 84.3 cm³/mol. The molecule has 1 atom stereocenters.